The van der Waals surface area contributed by atoms with Gasteiger partial charge in [0.1, 0.15) is 5.78 Å². The van der Waals surface area contributed by atoms with E-state index >= 15 is 0 Å². The van der Waals surface area contributed by atoms with E-state index in [2.05, 4.69) is 4.74 Å². The fourth-order valence-electron chi connectivity index (χ4n) is 0.511. The maximum atomic E-state index is 10.6. The number of ketones is 1. The lowest BCUT2D eigenvalue weighted by atomic mass is 10.2. The Bertz CT molecular complexity index is 1590. The van der Waals surface area contributed by atoms with Gasteiger partial charge in [-0.25, -0.2) is 0 Å². The minimum atomic E-state index is -0.833. The van der Waals surface area contributed by atoms with Crippen molar-refractivity contribution in [2.75, 3.05) is 6.61 Å². The van der Waals surface area contributed by atoms with Crippen LogP contribution in [0.25, 0.3) is 0 Å². The van der Waals surface area contributed by atoms with Crippen LogP contribution in [0.15, 0.2) is 0 Å². The van der Waals surface area contributed by atoms with Crippen LogP contribution < -0.4 is 0 Å². The lowest BCUT2D eigenvalue weighted by Crippen LogP contribution is -2.05. The van der Waals surface area contributed by atoms with Crippen LogP contribution in [-0.4, -0.2) is 284 Å². The first-order chi connectivity index (χ1) is 46.2. The molecule has 0 atom stereocenters. The van der Waals surface area contributed by atoms with Gasteiger partial charge in [-0.1, -0.05) is 0 Å². The average Bonchev–Trinajstić information content (AvgIpc) is 1.10. The largest absolute Gasteiger partial charge is 0.481 e. The second-order valence-electron chi connectivity index (χ2n) is 14.5. The first kappa shape index (κ1) is 170. The van der Waals surface area contributed by atoms with Crippen LogP contribution in [0, 0.1) is 0 Å². The fraction of sp³-hybridized carbons (Fsp3) is 0.527. The van der Waals surface area contributed by atoms with Gasteiger partial charge in [0.25, 0.3) is 143 Å². The standard InChI is InChI=1S/C7H12O3.24C2H4O2/c1-3-10-7(9)5-4-6(2)8;24*1-2(3)4/h3-5H2,1-2H3;24*1H3,(H,3,4). The Morgan fingerprint density at radius 2 is 0.208 bits per heavy atom. The van der Waals surface area contributed by atoms with Crippen molar-refractivity contribution in [3.8, 4) is 0 Å². The molecule has 0 bridgehead atoms. The molecule has 0 aromatic carbocycles. The van der Waals surface area contributed by atoms with Gasteiger partial charge in [0.05, 0.1) is 13.0 Å². The zero-order valence-electron chi connectivity index (χ0n) is 62.9. The molecule has 0 aromatic rings. The van der Waals surface area contributed by atoms with Crippen molar-refractivity contribution < 1.29 is 252 Å². The van der Waals surface area contributed by atoms with Gasteiger partial charge in [0.2, 0.25) is 0 Å². The smallest absolute Gasteiger partial charge is 0.306 e. The molecule has 0 aliphatic heterocycles. The normalized spacial score (nSPS) is 6.51. The second kappa shape index (κ2) is 160. The summed E-state index contributed by atoms with van der Waals surface area (Å²) in [6.45, 7) is 29.6. The Balaban J connectivity index is -0.0000000282. The third kappa shape index (κ3) is 23200. The highest BCUT2D eigenvalue weighted by Crippen LogP contribution is 1.92. The molecule has 51 heteroatoms. The van der Waals surface area contributed by atoms with Crippen molar-refractivity contribution in [3.05, 3.63) is 0 Å². The Morgan fingerprint density at radius 3 is 0.245 bits per heavy atom. The van der Waals surface area contributed by atoms with Gasteiger partial charge in [-0.2, -0.15) is 0 Å². The van der Waals surface area contributed by atoms with Gasteiger partial charge in [-0.15, -0.1) is 0 Å². The number of aliphatic carboxylic acids is 24. The molecule has 634 valence electrons. The number of rotatable bonds is 4. The summed E-state index contributed by atoms with van der Waals surface area (Å²) in [4.78, 5) is 237. The van der Waals surface area contributed by atoms with Crippen LogP contribution in [-0.2, 0) is 129 Å². The number of ether oxygens (including phenoxy) is 1. The van der Waals surface area contributed by atoms with Crippen molar-refractivity contribution in [1.29, 1.82) is 0 Å². The number of carbonyl (C=O) groups is 26. The van der Waals surface area contributed by atoms with Gasteiger partial charge >= 0.3 is 5.97 Å². The van der Waals surface area contributed by atoms with E-state index in [1.807, 2.05) is 0 Å². The Labute approximate surface area is 605 Å². The van der Waals surface area contributed by atoms with Gasteiger partial charge in [-0.05, 0) is 13.8 Å². The van der Waals surface area contributed by atoms with Crippen molar-refractivity contribution in [2.45, 2.75) is 193 Å². The number of carboxylic acid groups (broad SMARTS) is 24. The SMILES string of the molecule is CC(=O)O.CC(=O)O.CC(=O)O.CC(=O)O.CC(=O)O.CC(=O)O.CC(=O)O.CC(=O)O.CC(=O)O.CC(=O)O.CC(=O)O.CC(=O)O.CC(=O)O.CC(=O)O.CC(=O)O.CC(=O)O.CC(=O)O.CC(=O)O.CC(=O)O.CC(=O)O.CC(=O)O.CC(=O)O.CC(=O)O.CC(=O)O.CCOC(=O)CCC(C)=O. The van der Waals surface area contributed by atoms with Crippen LogP contribution in [0.5, 0.6) is 0 Å². The van der Waals surface area contributed by atoms with E-state index in [0.717, 1.165) is 166 Å². The van der Waals surface area contributed by atoms with E-state index in [4.69, 9.17) is 238 Å². The number of esters is 1. The molecule has 0 saturated heterocycles. The molecule has 0 aromatic heterocycles. The zero-order valence-corrected chi connectivity index (χ0v) is 62.9. The van der Waals surface area contributed by atoms with Gasteiger partial charge in [0, 0.05) is 173 Å². The van der Waals surface area contributed by atoms with Crippen molar-refractivity contribution >= 4 is 155 Å². The van der Waals surface area contributed by atoms with Crippen molar-refractivity contribution in [3.63, 3.8) is 0 Å². The van der Waals surface area contributed by atoms with Crippen LogP contribution in [0.1, 0.15) is 193 Å². The predicted octanol–water partition coefficient (Wildman–Crippen LogP) is 3.10. The van der Waals surface area contributed by atoms with Gasteiger partial charge in [-0.3, -0.25) is 120 Å². The van der Waals surface area contributed by atoms with Crippen LogP contribution in [0.2, 0.25) is 0 Å². The lowest BCUT2D eigenvalue weighted by molar-refractivity contribution is -0.144. The molecule has 0 aliphatic carbocycles. The van der Waals surface area contributed by atoms with Crippen LogP contribution in [0.4, 0.5) is 0 Å². The minimum absolute atomic E-state index is 0.0213. The van der Waals surface area contributed by atoms with E-state index in [1.54, 1.807) is 6.92 Å². The highest BCUT2D eigenvalue weighted by molar-refractivity contribution is 5.81. The molecule has 0 amide bonds. The molecule has 24 N–H and O–H groups in total. The number of carbonyl (C=O) groups excluding carboxylic acids is 2. The third-order valence-corrected chi connectivity index (χ3v) is 0.987. The summed E-state index contributed by atoms with van der Waals surface area (Å²) in [5.41, 5.74) is 0. The van der Waals surface area contributed by atoms with E-state index in [1.165, 1.54) is 6.92 Å². The Morgan fingerprint density at radius 1 is 0.151 bits per heavy atom. The Hall–Kier alpha value is -13.6. The molecular formula is C55H108O51. The predicted molar refractivity (Wildman–Crippen MR) is 356 cm³/mol. The molecule has 0 heterocycles. The Kier molecular flexibility index (Phi) is 256. The quantitative estimate of drug-likeness (QED) is 0.180. The first-order valence-electron chi connectivity index (χ1n) is 25.6. The summed E-state index contributed by atoms with van der Waals surface area (Å²) < 4.78 is 4.60. The molecule has 0 spiro atoms. The molecule has 0 rings (SSSR count). The molecule has 0 radical (unpaired) electrons. The van der Waals surface area contributed by atoms with E-state index < -0.39 is 143 Å². The molecule has 0 saturated carbocycles. The number of carboxylic acids is 24. The summed E-state index contributed by atoms with van der Waals surface area (Å²) >= 11 is 0. The maximum Gasteiger partial charge on any atom is 0.306 e. The number of hydrogen-bond donors (Lipinski definition) is 24. The molecule has 51 nitrogen and oxygen atoms in total. The second-order valence-corrected chi connectivity index (χ2v) is 14.5. The zero-order chi connectivity index (χ0) is 93.8. The summed E-state index contributed by atoms with van der Waals surface area (Å²) in [6.07, 6.45) is 0.502. The number of Topliss-reactive ketones (excluding diaryl/α,β-unsaturated/α-hetero) is 1. The number of hydrogen-bond acceptors (Lipinski definition) is 27. The molecule has 0 aliphatic rings. The highest BCUT2D eigenvalue weighted by Gasteiger charge is 2.02. The minimum Gasteiger partial charge on any atom is -0.481 e. The van der Waals surface area contributed by atoms with E-state index in [9.17, 15) is 9.59 Å². The molecule has 0 fully saturated rings. The summed E-state index contributed by atoms with van der Waals surface area (Å²) in [7, 11) is 0. The monoisotopic (exact) mass is 1580 g/mol. The van der Waals surface area contributed by atoms with Crippen LogP contribution in [0.3, 0.4) is 0 Å². The van der Waals surface area contributed by atoms with Crippen molar-refractivity contribution in [1.82, 2.24) is 0 Å². The molecule has 106 heavy (non-hydrogen) atoms. The summed E-state index contributed by atoms with van der Waals surface area (Å²) in [6, 6.07) is 0. The lowest BCUT2D eigenvalue weighted by Gasteiger charge is -1.97. The van der Waals surface area contributed by atoms with E-state index in [0.29, 0.717) is 13.0 Å². The van der Waals surface area contributed by atoms with E-state index in [-0.39, 0.29) is 18.2 Å². The maximum absolute atomic E-state index is 10.6. The molecule has 0 unspecified atom stereocenters. The van der Waals surface area contributed by atoms with Crippen molar-refractivity contribution in [2.24, 2.45) is 0 Å². The fourth-order valence-corrected chi connectivity index (χ4v) is 0.511. The third-order valence-electron chi connectivity index (χ3n) is 0.987. The average molecular weight is 1590 g/mol. The summed E-state index contributed by atoms with van der Waals surface area (Å²) in [5, 5.41) is 178. The van der Waals surface area contributed by atoms with Crippen LogP contribution >= 0.6 is 0 Å². The first-order valence-corrected chi connectivity index (χ1v) is 25.6. The molecular weight excluding hydrogens is 1480 g/mol. The summed E-state index contributed by atoms with van der Waals surface area (Å²) in [5.74, 6) is -20.3. The van der Waals surface area contributed by atoms with Gasteiger partial charge in [0.15, 0.2) is 0 Å². The highest BCUT2D eigenvalue weighted by atomic mass is 16.5. The van der Waals surface area contributed by atoms with Gasteiger partial charge < -0.3 is 132 Å². The topological polar surface area (TPSA) is 939 Å².